The van der Waals surface area contributed by atoms with Crippen LogP contribution < -0.4 is 14.4 Å². The number of carbonyl (C=O) groups excluding carboxylic acids is 3. The number of hydrogen-bond donors (Lipinski definition) is 2. The maximum Gasteiger partial charge on any atom is 0.350 e. The molecular weight excluding hydrogens is 584 g/mol. The van der Waals surface area contributed by atoms with Gasteiger partial charge in [0.05, 0.1) is 31.0 Å². The van der Waals surface area contributed by atoms with Crippen LogP contribution in [0.15, 0.2) is 72.3 Å². The Kier molecular flexibility index (Phi) is 8.68. The highest BCUT2D eigenvalue weighted by atomic mass is 32.1. The molecule has 0 aliphatic carbocycles. The van der Waals surface area contributed by atoms with Crippen LogP contribution in [0.3, 0.4) is 0 Å². The SMILES string of the molecule is CCOc1cc(C2/C(=C(\O)c3ccc(OCc4ccccc4)c(C)c3)C(=O)C(=O)N2c2nc(C)c(C(=O)OC)s2)ccc1O. The molecule has 11 heteroatoms. The number of aliphatic hydroxyl groups is 1. The first-order valence-corrected chi connectivity index (χ1v) is 14.6. The standard InChI is InChI=1S/C33H30N2O8S/c1-5-42-25-16-21(11-13-23(25)36)27-26(29(38)31(39)35(27)33-34-19(3)30(44-33)32(40)41-4)28(37)22-12-14-24(18(2)15-22)43-17-20-9-7-6-8-10-20/h6-16,27,36-37H,5,17H2,1-4H3/b28-26+. The second kappa shape index (κ2) is 12.6. The van der Waals surface area contributed by atoms with Crippen LogP contribution in [0.2, 0.25) is 0 Å². The van der Waals surface area contributed by atoms with Crippen LogP contribution in [0.4, 0.5) is 5.13 Å². The van der Waals surface area contributed by atoms with E-state index in [1.54, 1.807) is 32.0 Å². The highest BCUT2D eigenvalue weighted by Gasteiger charge is 2.48. The van der Waals surface area contributed by atoms with E-state index in [0.717, 1.165) is 21.8 Å². The number of ketones is 1. The summed E-state index contributed by atoms with van der Waals surface area (Å²) in [6.45, 7) is 5.76. The first-order chi connectivity index (χ1) is 21.1. The van der Waals surface area contributed by atoms with Gasteiger partial charge in [0.25, 0.3) is 5.78 Å². The molecule has 2 N–H and O–H groups in total. The van der Waals surface area contributed by atoms with Crippen molar-refractivity contribution < 1.29 is 38.8 Å². The summed E-state index contributed by atoms with van der Waals surface area (Å²) in [7, 11) is 1.24. The molecule has 1 fully saturated rings. The smallest absolute Gasteiger partial charge is 0.350 e. The van der Waals surface area contributed by atoms with Crippen molar-refractivity contribution >= 4 is 39.9 Å². The number of ether oxygens (including phenoxy) is 3. The van der Waals surface area contributed by atoms with E-state index in [1.165, 1.54) is 25.3 Å². The molecule has 10 nitrogen and oxygen atoms in total. The molecule has 0 spiro atoms. The molecule has 4 aromatic rings. The van der Waals surface area contributed by atoms with Crippen molar-refractivity contribution in [2.24, 2.45) is 0 Å². The summed E-state index contributed by atoms with van der Waals surface area (Å²) in [4.78, 5) is 45.3. The molecule has 0 bridgehead atoms. The number of rotatable bonds is 9. The summed E-state index contributed by atoms with van der Waals surface area (Å²) in [6.07, 6.45) is 0. The van der Waals surface area contributed by atoms with Crippen LogP contribution in [0.5, 0.6) is 17.2 Å². The fraction of sp³-hybridized carbons (Fsp3) is 0.212. The summed E-state index contributed by atoms with van der Waals surface area (Å²) in [5.41, 5.74) is 2.50. The number of anilines is 1. The van der Waals surface area contributed by atoms with Crippen molar-refractivity contribution in [1.29, 1.82) is 0 Å². The lowest BCUT2D eigenvalue weighted by molar-refractivity contribution is -0.132. The third-order valence-corrected chi connectivity index (χ3v) is 8.23. The van der Waals surface area contributed by atoms with Gasteiger partial charge in [-0.15, -0.1) is 0 Å². The Morgan fingerprint density at radius 2 is 1.75 bits per heavy atom. The minimum atomic E-state index is -1.15. The van der Waals surface area contributed by atoms with Crippen LogP contribution in [0, 0.1) is 13.8 Å². The lowest BCUT2D eigenvalue weighted by Crippen LogP contribution is -2.29. The summed E-state index contributed by atoms with van der Waals surface area (Å²) in [5.74, 6) is -2.31. The molecule has 1 saturated heterocycles. The van der Waals surface area contributed by atoms with Gasteiger partial charge in [-0.1, -0.05) is 47.7 Å². The Morgan fingerprint density at radius 1 is 1.00 bits per heavy atom. The average molecular weight is 615 g/mol. The molecular formula is C33H30N2O8S. The van der Waals surface area contributed by atoms with Crippen molar-refractivity contribution in [3.8, 4) is 17.2 Å². The van der Waals surface area contributed by atoms with E-state index in [9.17, 15) is 24.6 Å². The molecule has 2 heterocycles. The Morgan fingerprint density at radius 3 is 2.43 bits per heavy atom. The number of carbonyl (C=O) groups is 3. The average Bonchev–Trinajstić information content (AvgIpc) is 3.53. The number of esters is 1. The van der Waals surface area contributed by atoms with Crippen LogP contribution in [-0.4, -0.2) is 46.6 Å². The number of methoxy groups -OCH3 is 1. The Bertz CT molecular complexity index is 1780. The first-order valence-electron chi connectivity index (χ1n) is 13.7. The van der Waals surface area contributed by atoms with Crippen LogP contribution >= 0.6 is 11.3 Å². The summed E-state index contributed by atoms with van der Waals surface area (Å²) < 4.78 is 16.4. The van der Waals surface area contributed by atoms with Crippen molar-refractivity contribution in [3.63, 3.8) is 0 Å². The largest absolute Gasteiger partial charge is 0.507 e. The molecule has 0 radical (unpaired) electrons. The number of aromatic hydroxyl groups is 1. The van der Waals surface area contributed by atoms with Crippen molar-refractivity contribution in [2.75, 3.05) is 18.6 Å². The highest BCUT2D eigenvalue weighted by molar-refractivity contribution is 7.17. The van der Waals surface area contributed by atoms with Crippen molar-refractivity contribution in [1.82, 2.24) is 4.98 Å². The predicted octanol–water partition coefficient (Wildman–Crippen LogP) is 5.86. The second-order valence-corrected chi connectivity index (χ2v) is 11.0. The van der Waals surface area contributed by atoms with Gasteiger partial charge in [-0.3, -0.25) is 14.5 Å². The number of phenols is 1. The second-order valence-electron chi connectivity index (χ2n) is 9.99. The first kappa shape index (κ1) is 30.3. The number of amides is 1. The summed E-state index contributed by atoms with van der Waals surface area (Å²) in [6, 6.07) is 17.9. The quantitative estimate of drug-likeness (QED) is 0.103. The van der Waals surface area contributed by atoms with Crippen molar-refractivity contribution in [2.45, 2.75) is 33.4 Å². The fourth-order valence-electron chi connectivity index (χ4n) is 4.93. The minimum Gasteiger partial charge on any atom is -0.507 e. The number of Topliss-reactive ketones (excluding diaryl/α,β-unsaturated/α-hetero) is 1. The number of benzene rings is 3. The van der Waals surface area contributed by atoms with Gasteiger partial charge in [0.15, 0.2) is 16.6 Å². The molecule has 5 rings (SSSR count). The lowest BCUT2D eigenvalue weighted by atomic mass is 9.94. The van der Waals surface area contributed by atoms with E-state index in [2.05, 4.69) is 4.98 Å². The van der Waals surface area contributed by atoms with Gasteiger partial charge >= 0.3 is 11.9 Å². The van der Waals surface area contributed by atoms with E-state index < -0.39 is 29.5 Å². The van der Waals surface area contributed by atoms with E-state index in [4.69, 9.17) is 14.2 Å². The number of thiazole rings is 1. The van der Waals surface area contributed by atoms with Gasteiger partial charge in [0, 0.05) is 5.56 Å². The Hall–Kier alpha value is -5.16. The van der Waals surface area contributed by atoms with Crippen LogP contribution in [0.1, 0.15) is 50.6 Å². The van der Waals surface area contributed by atoms with Gasteiger partial charge in [-0.2, -0.15) is 0 Å². The van der Waals surface area contributed by atoms with Crippen LogP contribution in [0.25, 0.3) is 5.76 Å². The number of aliphatic hydroxyl groups excluding tert-OH is 1. The summed E-state index contributed by atoms with van der Waals surface area (Å²) >= 11 is 0.895. The van der Waals surface area contributed by atoms with E-state index in [0.29, 0.717) is 34.7 Å². The van der Waals surface area contributed by atoms with Gasteiger partial charge in [0.1, 0.15) is 23.0 Å². The predicted molar refractivity (Wildman–Crippen MR) is 164 cm³/mol. The zero-order chi connectivity index (χ0) is 31.5. The van der Waals surface area contributed by atoms with Crippen molar-refractivity contribution in [3.05, 3.63) is 105 Å². The molecule has 1 aromatic heterocycles. The zero-order valence-corrected chi connectivity index (χ0v) is 25.3. The fourth-order valence-corrected chi connectivity index (χ4v) is 5.95. The normalized spacial score (nSPS) is 15.8. The molecule has 1 atom stereocenters. The molecule has 1 amide bonds. The minimum absolute atomic E-state index is 0.0703. The molecule has 3 aromatic carbocycles. The number of nitrogens with zero attached hydrogens (tertiary/aromatic N) is 2. The maximum atomic E-state index is 13.6. The molecule has 0 saturated carbocycles. The Labute approximate surface area is 257 Å². The molecule has 1 aliphatic heterocycles. The van der Waals surface area contributed by atoms with Gasteiger partial charge < -0.3 is 24.4 Å². The van der Waals surface area contributed by atoms with E-state index in [-0.39, 0.29) is 33.7 Å². The maximum absolute atomic E-state index is 13.6. The molecule has 226 valence electrons. The molecule has 44 heavy (non-hydrogen) atoms. The van der Waals surface area contributed by atoms with Gasteiger partial charge in [0.2, 0.25) is 0 Å². The van der Waals surface area contributed by atoms with E-state index >= 15 is 0 Å². The number of hydrogen-bond acceptors (Lipinski definition) is 10. The monoisotopic (exact) mass is 614 g/mol. The molecule has 1 aliphatic rings. The lowest BCUT2D eigenvalue weighted by Gasteiger charge is -2.23. The van der Waals surface area contributed by atoms with Crippen LogP contribution in [-0.2, 0) is 20.9 Å². The number of aromatic nitrogens is 1. The van der Waals surface area contributed by atoms with Gasteiger partial charge in [-0.05, 0) is 67.8 Å². The number of aryl methyl sites for hydroxylation is 2. The number of phenolic OH excluding ortho intramolecular Hbond substituents is 1. The zero-order valence-electron chi connectivity index (χ0n) is 24.5. The Balaban J connectivity index is 1.61. The highest BCUT2D eigenvalue weighted by Crippen LogP contribution is 2.45. The van der Waals surface area contributed by atoms with E-state index in [1.807, 2.05) is 37.3 Å². The molecule has 1 unspecified atom stereocenters. The van der Waals surface area contributed by atoms with Gasteiger partial charge in [-0.25, -0.2) is 9.78 Å². The third kappa shape index (κ3) is 5.73. The third-order valence-electron chi connectivity index (χ3n) is 7.09. The topological polar surface area (TPSA) is 135 Å². The summed E-state index contributed by atoms with van der Waals surface area (Å²) in [5, 5.41) is 22.0.